The molecule has 30 heavy (non-hydrogen) atoms. The summed E-state index contributed by atoms with van der Waals surface area (Å²) in [5.41, 5.74) is 1.30. The second-order valence-electron chi connectivity index (χ2n) is 7.56. The molecule has 0 spiro atoms. The summed E-state index contributed by atoms with van der Waals surface area (Å²) in [6.45, 7) is 0.622. The van der Waals surface area contributed by atoms with Gasteiger partial charge in [0.25, 0.3) is 0 Å². The van der Waals surface area contributed by atoms with Crippen LogP contribution in [0.4, 0.5) is 23.1 Å². The smallest absolute Gasteiger partial charge is 0.335 e. The fraction of sp³-hybridized carbons (Fsp3) is 0.429. The van der Waals surface area contributed by atoms with E-state index in [1.54, 1.807) is 12.3 Å². The Morgan fingerprint density at radius 3 is 2.83 bits per heavy atom. The number of aromatic carboxylic acids is 1. The number of benzene rings is 1. The number of aromatic nitrogens is 2. The molecule has 2 aromatic rings. The van der Waals surface area contributed by atoms with Crippen molar-refractivity contribution in [3.8, 4) is 5.75 Å². The van der Waals surface area contributed by atoms with Gasteiger partial charge in [-0.1, -0.05) is 19.3 Å². The van der Waals surface area contributed by atoms with E-state index in [1.165, 1.54) is 38.5 Å². The van der Waals surface area contributed by atoms with Crippen molar-refractivity contribution in [3.63, 3.8) is 0 Å². The average Bonchev–Trinajstić information content (AvgIpc) is 2.92. The van der Waals surface area contributed by atoms with Crippen LogP contribution in [0.15, 0.2) is 24.4 Å². The molecular weight excluding hydrogens is 386 g/mol. The molecule has 2 heterocycles. The van der Waals surface area contributed by atoms with Gasteiger partial charge in [0.1, 0.15) is 11.4 Å². The molecule has 0 radical (unpaired) electrons. The first-order chi connectivity index (χ1) is 14.5. The largest absolute Gasteiger partial charge is 0.495 e. The lowest BCUT2D eigenvalue weighted by Gasteiger charge is -2.34. The lowest BCUT2D eigenvalue weighted by molar-refractivity contribution is -0.116. The van der Waals surface area contributed by atoms with E-state index in [2.05, 4.69) is 20.5 Å². The maximum atomic E-state index is 12.1. The van der Waals surface area contributed by atoms with E-state index in [-0.39, 0.29) is 11.5 Å². The second-order valence-corrected chi connectivity index (χ2v) is 7.56. The van der Waals surface area contributed by atoms with Crippen molar-refractivity contribution in [1.29, 1.82) is 0 Å². The molecule has 0 bridgehead atoms. The molecule has 1 aromatic carbocycles. The number of carboxylic acids is 1. The summed E-state index contributed by atoms with van der Waals surface area (Å²) in [5, 5.41) is 15.2. The molecule has 1 aliphatic heterocycles. The van der Waals surface area contributed by atoms with Crippen LogP contribution >= 0.6 is 0 Å². The number of amides is 1. The van der Waals surface area contributed by atoms with Crippen LogP contribution in [0.5, 0.6) is 5.75 Å². The van der Waals surface area contributed by atoms with Crippen molar-refractivity contribution >= 4 is 35.0 Å². The standard InChI is InChI=1S/C21H25N5O4/c1-30-17-11-13(20(28)29)7-8-15(17)24-21-22-12-16-19(25-21)26(10-9-18(27)23-16)14-5-3-2-4-6-14/h7-8,11-12,14H,2-6,9-10H2,1H3,(H,23,27)(H,28,29)(H,22,24,25). The van der Waals surface area contributed by atoms with Gasteiger partial charge in [0.2, 0.25) is 11.9 Å². The third-order valence-electron chi connectivity index (χ3n) is 5.60. The molecule has 9 nitrogen and oxygen atoms in total. The number of carbonyl (C=O) groups is 2. The minimum Gasteiger partial charge on any atom is -0.495 e. The van der Waals surface area contributed by atoms with E-state index in [9.17, 15) is 14.7 Å². The lowest BCUT2D eigenvalue weighted by Crippen LogP contribution is -2.38. The molecule has 2 aliphatic rings. The number of anilines is 4. The summed E-state index contributed by atoms with van der Waals surface area (Å²) in [7, 11) is 1.48. The Morgan fingerprint density at radius 1 is 1.30 bits per heavy atom. The van der Waals surface area contributed by atoms with Crippen LogP contribution in [0.2, 0.25) is 0 Å². The quantitative estimate of drug-likeness (QED) is 0.685. The van der Waals surface area contributed by atoms with Gasteiger partial charge in [-0.25, -0.2) is 9.78 Å². The highest BCUT2D eigenvalue weighted by Gasteiger charge is 2.28. The van der Waals surface area contributed by atoms with Crippen LogP contribution < -0.4 is 20.3 Å². The van der Waals surface area contributed by atoms with Gasteiger partial charge in [-0.2, -0.15) is 4.98 Å². The Labute approximate surface area is 174 Å². The number of hydrogen-bond donors (Lipinski definition) is 3. The zero-order valence-corrected chi connectivity index (χ0v) is 16.9. The predicted molar refractivity (Wildman–Crippen MR) is 113 cm³/mol. The lowest BCUT2D eigenvalue weighted by atomic mass is 9.94. The van der Waals surface area contributed by atoms with Crippen molar-refractivity contribution in [3.05, 3.63) is 30.0 Å². The fourth-order valence-electron chi connectivity index (χ4n) is 4.08. The van der Waals surface area contributed by atoms with Crippen LogP contribution in [-0.2, 0) is 4.79 Å². The van der Waals surface area contributed by atoms with Crippen molar-refractivity contribution < 1.29 is 19.4 Å². The molecule has 0 unspecified atom stereocenters. The minimum absolute atomic E-state index is 0.0372. The fourth-order valence-corrected chi connectivity index (χ4v) is 4.08. The van der Waals surface area contributed by atoms with Gasteiger partial charge in [0.05, 0.1) is 24.6 Å². The molecule has 1 saturated carbocycles. The number of carbonyl (C=O) groups excluding carboxylic acids is 1. The molecular formula is C21H25N5O4. The number of hydrogen-bond acceptors (Lipinski definition) is 7. The number of fused-ring (bicyclic) bond motifs is 1. The zero-order valence-electron chi connectivity index (χ0n) is 16.9. The Bertz CT molecular complexity index is 958. The van der Waals surface area contributed by atoms with Crippen LogP contribution in [-0.4, -0.2) is 46.6 Å². The first kappa shape index (κ1) is 19.9. The monoisotopic (exact) mass is 411 g/mol. The Morgan fingerprint density at radius 2 is 2.10 bits per heavy atom. The highest BCUT2D eigenvalue weighted by atomic mass is 16.5. The maximum absolute atomic E-state index is 12.1. The predicted octanol–water partition coefficient (Wildman–Crippen LogP) is 3.41. The summed E-state index contributed by atoms with van der Waals surface area (Å²) in [6.07, 6.45) is 7.82. The third kappa shape index (κ3) is 4.14. The van der Waals surface area contributed by atoms with Gasteiger partial charge in [0.15, 0.2) is 5.82 Å². The molecule has 1 fully saturated rings. The average molecular weight is 411 g/mol. The van der Waals surface area contributed by atoms with Gasteiger partial charge in [0, 0.05) is 19.0 Å². The number of nitrogens with zero attached hydrogens (tertiary/aromatic N) is 3. The topological polar surface area (TPSA) is 117 Å². The number of methoxy groups -OCH3 is 1. The Hall–Kier alpha value is -3.36. The molecule has 0 atom stereocenters. The van der Waals surface area contributed by atoms with Crippen LogP contribution in [0, 0.1) is 0 Å². The van der Waals surface area contributed by atoms with E-state index >= 15 is 0 Å². The highest BCUT2D eigenvalue weighted by molar-refractivity contribution is 5.95. The van der Waals surface area contributed by atoms with Crippen LogP contribution in [0.25, 0.3) is 0 Å². The first-order valence-electron chi connectivity index (χ1n) is 10.2. The van der Waals surface area contributed by atoms with Crippen LogP contribution in [0.3, 0.4) is 0 Å². The zero-order chi connectivity index (χ0) is 21.1. The Kier molecular flexibility index (Phi) is 5.69. The van der Waals surface area contributed by atoms with E-state index in [0.29, 0.717) is 47.9 Å². The van der Waals surface area contributed by atoms with Crippen molar-refractivity contribution in [2.24, 2.45) is 0 Å². The number of carboxylic acid groups (broad SMARTS) is 1. The van der Waals surface area contributed by atoms with Crippen LogP contribution in [0.1, 0.15) is 48.9 Å². The van der Waals surface area contributed by atoms with Crippen molar-refractivity contribution in [2.75, 3.05) is 29.2 Å². The molecule has 1 aromatic heterocycles. The third-order valence-corrected chi connectivity index (χ3v) is 5.60. The molecule has 158 valence electrons. The number of nitrogens with one attached hydrogen (secondary N) is 2. The van der Waals surface area contributed by atoms with Gasteiger partial charge >= 0.3 is 5.97 Å². The van der Waals surface area contributed by atoms with Crippen molar-refractivity contribution in [1.82, 2.24) is 9.97 Å². The summed E-state index contributed by atoms with van der Waals surface area (Å²) in [6, 6.07) is 4.92. The molecule has 3 N–H and O–H groups in total. The molecule has 4 rings (SSSR count). The van der Waals surface area contributed by atoms with Gasteiger partial charge in [-0.15, -0.1) is 0 Å². The summed E-state index contributed by atoms with van der Waals surface area (Å²) in [5.74, 6) is 0.383. The van der Waals surface area contributed by atoms with Crippen molar-refractivity contribution in [2.45, 2.75) is 44.6 Å². The summed E-state index contributed by atoms with van der Waals surface area (Å²) < 4.78 is 5.32. The second kappa shape index (κ2) is 8.56. The number of rotatable bonds is 5. The van der Waals surface area contributed by atoms with E-state index in [1.807, 2.05) is 0 Å². The normalized spacial score (nSPS) is 17.0. The van der Waals surface area contributed by atoms with Gasteiger partial charge in [-0.3, -0.25) is 4.79 Å². The maximum Gasteiger partial charge on any atom is 0.335 e. The highest BCUT2D eigenvalue weighted by Crippen LogP contribution is 2.34. The van der Waals surface area contributed by atoms with E-state index in [4.69, 9.17) is 9.72 Å². The van der Waals surface area contributed by atoms with E-state index < -0.39 is 5.97 Å². The van der Waals surface area contributed by atoms with Gasteiger partial charge in [-0.05, 0) is 31.0 Å². The molecule has 1 aliphatic carbocycles. The summed E-state index contributed by atoms with van der Waals surface area (Å²) in [4.78, 5) is 34.6. The SMILES string of the molecule is COc1cc(C(=O)O)ccc1Nc1ncc2c(n1)N(C1CCCCC1)CCC(=O)N2. The Balaban J connectivity index is 1.65. The minimum atomic E-state index is -1.03. The molecule has 0 saturated heterocycles. The van der Waals surface area contributed by atoms with E-state index in [0.717, 1.165) is 12.8 Å². The molecule has 9 heteroatoms. The first-order valence-corrected chi connectivity index (χ1v) is 10.2. The number of ether oxygens (including phenoxy) is 1. The molecule has 1 amide bonds. The van der Waals surface area contributed by atoms with Gasteiger partial charge < -0.3 is 25.4 Å². The summed E-state index contributed by atoms with van der Waals surface area (Å²) >= 11 is 0.